The van der Waals surface area contributed by atoms with Gasteiger partial charge in [0.1, 0.15) is 5.75 Å². The molecule has 1 N–H and O–H groups in total. The van der Waals surface area contributed by atoms with E-state index in [1.54, 1.807) is 0 Å². The van der Waals surface area contributed by atoms with Crippen LogP contribution in [0.1, 0.15) is 50.2 Å². The summed E-state index contributed by atoms with van der Waals surface area (Å²) in [5.41, 5.74) is 2.49. The first-order valence-corrected chi connectivity index (χ1v) is 9.03. The fourth-order valence-corrected chi connectivity index (χ4v) is 3.43. The Morgan fingerprint density at radius 3 is 2.46 bits per heavy atom. The molecule has 1 amide bonds. The first-order valence-electron chi connectivity index (χ1n) is 9.03. The second-order valence-corrected chi connectivity index (χ2v) is 7.40. The van der Waals surface area contributed by atoms with Crippen molar-refractivity contribution in [1.82, 2.24) is 10.2 Å². The van der Waals surface area contributed by atoms with Crippen molar-refractivity contribution >= 4 is 5.91 Å². The molecule has 2 rings (SSSR count). The summed E-state index contributed by atoms with van der Waals surface area (Å²) in [4.78, 5) is 14.7. The molecule has 1 aromatic rings. The van der Waals surface area contributed by atoms with Crippen LogP contribution in [0.25, 0.3) is 0 Å². The third-order valence-corrected chi connectivity index (χ3v) is 5.49. The zero-order chi connectivity index (χ0) is 17.7. The number of amides is 1. The largest absolute Gasteiger partial charge is 0.481 e. The molecule has 0 aromatic heterocycles. The number of rotatable bonds is 6. The molecule has 1 aromatic carbocycles. The van der Waals surface area contributed by atoms with Crippen LogP contribution in [0.4, 0.5) is 0 Å². The standard InChI is InChI=1S/C20H32N2O2/c1-15-9-10-18(13-16(15)2)24-17(3)19(23)21-14-20(22(4)5)11-7-6-8-12-20/h9-10,13,17H,6-8,11-12,14H2,1-5H3,(H,21,23)/t17-/m1/s1. The normalized spacial score (nSPS) is 18.2. The van der Waals surface area contributed by atoms with Gasteiger partial charge in [-0.25, -0.2) is 0 Å². The minimum Gasteiger partial charge on any atom is -0.481 e. The van der Waals surface area contributed by atoms with Gasteiger partial charge in [0.05, 0.1) is 0 Å². The molecule has 1 aliphatic carbocycles. The molecule has 4 nitrogen and oxygen atoms in total. The Labute approximate surface area is 146 Å². The molecule has 134 valence electrons. The summed E-state index contributed by atoms with van der Waals surface area (Å²) in [5, 5.41) is 3.11. The summed E-state index contributed by atoms with van der Waals surface area (Å²) < 4.78 is 5.82. The number of benzene rings is 1. The predicted molar refractivity (Wildman–Crippen MR) is 98.5 cm³/mol. The maximum atomic E-state index is 12.5. The SMILES string of the molecule is Cc1ccc(O[C@H](C)C(=O)NCC2(N(C)C)CCCCC2)cc1C. The number of nitrogens with one attached hydrogen (secondary N) is 1. The quantitative estimate of drug-likeness (QED) is 0.867. The Bertz CT molecular complexity index is 563. The fourth-order valence-electron chi connectivity index (χ4n) is 3.43. The van der Waals surface area contributed by atoms with Gasteiger partial charge in [-0.05, 0) is 71.0 Å². The molecule has 1 saturated carbocycles. The van der Waals surface area contributed by atoms with Gasteiger partial charge < -0.3 is 15.0 Å². The van der Waals surface area contributed by atoms with Crippen LogP contribution in [0.2, 0.25) is 0 Å². The Morgan fingerprint density at radius 2 is 1.88 bits per heavy atom. The van der Waals surface area contributed by atoms with Gasteiger partial charge in [0.15, 0.2) is 6.10 Å². The van der Waals surface area contributed by atoms with E-state index in [1.807, 2.05) is 25.1 Å². The highest BCUT2D eigenvalue weighted by atomic mass is 16.5. The zero-order valence-electron chi connectivity index (χ0n) is 15.8. The Morgan fingerprint density at radius 1 is 1.21 bits per heavy atom. The molecule has 0 unspecified atom stereocenters. The molecule has 24 heavy (non-hydrogen) atoms. The number of hydrogen-bond donors (Lipinski definition) is 1. The third kappa shape index (κ3) is 4.50. The average Bonchev–Trinajstić information content (AvgIpc) is 2.56. The molecular formula is C20H32N2O2. The number of hydrogen-bond acceptors (Lipinski definition) is 3. The lowest BCUT2D eigenvalue weighted by atomic mass is 9.80. The molecule has 1 fully saturated rings. The second kappa shape index (κ2) is 8.02. The first-order chi connectivity index (χ1) is 11.3. The van der Waals surface area contributed by atoms with Crippen LogP contribution >= 0.6 is 0 Å². The average molecular weight is 332 g/mol. The van der Waals surface area contributed by atoms with E-state index in [-0.39, 0.29) is 11.4 Å². The molecule has 4 heteroatoms. The fraction of sp³-hybridized carbons (Fsp3) is 0.650. The van der Waals surface area contributed by atoms with Crippen LogP contribution in [0, 0.1) is 13.8 Å². The van der Waals surface area contributed by atoms with Gasteiger partial charge in [0.2, 0.25) is 0 Å². The molecule has 0 spiro atoms. The van der Waals surface area contributed by atoms with Crippen LogP contribution in [0.5, 0.6) is 5.75 Å². The van der Waals surface area contributed by atoms with Crippen LogP contribution in [-0.2, 0) is 4.79 Å². The molecule has 0 aliphatic heterocycles. The van der Waals surface area contributed by atoms with Crippen LogP contribution < -0.4 is 10.1 Å². The van der Waals surface area contributed by atoms with E-state index < -0.39 is 6.10 Å². The Kier molecular flexibility index (Phi) is 6.27. The van der Waals surface area contributed by atoms with Crippen molar-refractivity contribution in [3.05, 3.63) is 29.3 Å². The minimum absolute atomic E-state index is 0.0416. The molecule has 0 heterocycles. The summed E-state index contributed by atoms with van der Waals surface area (Å²) in [6.45, 7) is 6.63. The lowest BCUT2D eigenvalue weighted by molar-refractivity contribution is -0.128. The zero-order valence-corrected chi connectivity index (χ0v) is 15.8. The van der Waals surface area contributed by atoms with Crippen molar-refractivity contribution in [2.45, 2.75) is 64.5 Å². The van der Waals surface area contributed by atoms with Crippen molar-refractivity contribution < 1.29 is 9.53 Å². The number of carbonyl (C=O) groups excluding carboxylic acids is 1. The second-order valence-electron chi connectivity index (χ2n) is 7.40. The molecule has 0 radical (unpaired) electrons. The van der Waals surface area contributed by atoms with Crippen molar-refractivity contribution in [3.8, 4) is 5.75 Å². The summed E-state index contributed by atoms with van der Waals surface area (Å²) in [5.74, 6) is 0.709. The van der Waals surface area contributed by atoms with Crippen LogP contribution in [-0.4, -0.2) is 43.1 Å². The maximum absolute atomic E-state index is 12.5. The predicted octanol–water partition coefficient (Wildman–Crippen LogP) is 3.45. The van der Waals surface area contributed by atoms with E-state index in [1.165, 1.54) is 30.4 Å². The molecule has 1 aliphatic rings. The summed E-state index contributed by atoms with van der Waals surface area (Å²) in [7, 11) is 4.24. The first kappa shape index (κ1) is 18.8. The number of ether oxygens (including phenoxy) is 1. The van der Waals surface area contributed by atoms with E-state index >= 15 is 0 Å². The Balaban J connectivity index is 1.92. The van der Waals surface area contributed by atoms with Gasteiger partial charge in [0.25, 0.3) is 5.91 Å². The third-order valence-electron chi connectivity index (χ3n) is 5.49. The van der Waals surface area contributed by atoms with Crippen LogP contribution in [0.3, 0.4) is 0 Å². The summed E-state index contributed by atoms with van der Waals surface area (Å²) in [6.07, 6.45) is 5.58. The van der Waals surface area contributed by atoms with Crippen molar-refractivity contribution in [1.29, 1.82) is 0 Å². The summed E-state index contributed by atoms with van der Waals surface area (Å²) in [6, 6.07) is 5.94. The van der Waals surface area contributed by atoms with Gasteiger partial charge in [-0.2, -0.15) is 0 Å². The van der Waals surface area contributed by atoms with Crippen molar-refractivity contribution in [2.24, 2.45) is 0 Å². The number of aryl methyl sites for hydroxylation is 2. The number of carbonyl (C=O) groups is 1. The van der Waals surface area contributed by atoms with Gasteiger partial charge >= 0.3 is 0 Å². The minimum atomic E-state index is -0.491. The topological polar surface area (TPSA) is 41.6 Å². The molecule has 0 saturated heterocycles. The summed E-state index contributed by atoms with van der Waals surface area (Å²) >= 11 is 0. The highest BCUT2D eigenvalue weighted by Gasteiger charge is 2.34. The van der Waals surface area contributed by atoms with E-state index in [2.05, 4.69) is 38.2 Å². The molecule has 1 atom stereocenters. The number of likely N-dealkylation sites (N-methyl/N-ethyl adjacent to an activating group) is 1. The van der Waals surface area contributed by atoms with E-state index in [4.69, 9.17) is 4.74 Å². The molecule has 0 bridgehead atoms. The monoisotopic (exact) mass is 332 g/mol. The lowest BCUT2D eigenvalue weighted by Gasteiger charge is -2.43. The van der Waals surface area contributed by atoms with Gasteiger partial charge in [-0.3, -0.25) is 4.79 Å². The van der Waals surface area contributed by atoms with Gasteiger partial charge in [-0.1, -0.05) is 25.3 Å². The van der Waals surface area contributed by atoms with Crippen LogP contribution in [0.15, 0.2) is 18.2 Å². The van der Waals surface area contributed by atoms with Crippen molar-refractivity contribution in [3.63, 3.8) is 0 Å². The van der Waals surface area contributed by atoms with Gasteiger partial charge in [-0.15, -0.1) is 0 Å². The maximum Gasteiger partial charge on any atom is 0.260 e. The van der Waals surface area contributed by atoms with E-state index in [0.29, 0.717) is 6.54 Å². The smallest absolute Gasteiger partial charge is 0.260 e. The highest BCUT2D eigenvalue weighted by Crippen LogP contribution is 2.31. The van der Waals surface area contributed by atoms with Crippen molar-refractivity contribution in [2.75, 3.05) is 20.6 Å². The Hall–Kier alpha value is -1.55. The number of nitrogens with zero attached hydrogens (tertiary/aromatic N) is 1. The molecular weight excluding hydrogens is 300 g/mol. The van der Waals surface area contributed by atoms with E-state index in [9.17, 15) is 4.79 Å². The van der Waals surface area contributed by atoms with E-state index in [0.717, 1.165) is 18.6 Å². The lowest BCUT2D eigenvalue weighted by Crippen LogP contribution is -2.55. The van der Waals surface area contributed by atoms with Gasteiger partial charge in [0, 0.05) is 12.1 Å². The highest BCUT2D eigenvalue weighted by molar-refractivity contribution is 5.80.